The molecular formula is C35H21ClFN9O7S3. The molecule has 2 unspecified atom stereocenters. The zero-order valence-electron chi connectivity index (χ0n) is 28.1. The van der Waals surface area contributed by atoms with Gasteiger partial charge in [-0.3, -0.25) is 19.2 Å². The van der Waals surface area contributed by atoms with Crippen LogP contribution in [0.15, 0.2) is 57.3 Å². The third-order valence-electron chi connectivity index (χ3n) is 8.92. The largest absolute Gasteiger partial charge is 0.480 e. The molecule has 2 atom stereocenters. The molecule has 0 bridgehead atoms. The summed E-state index contributed by atoms with van der Waals surface area (Å²) in [4.78, 5) is 74.4. The van der Waals surface area contributed by atoms with Gasteiger partial charge < -0.3 is 35.5 Å². The molecule has 4 amide bonds. The van der Waals surface area contributed by atoms with Crippen LogP contribution in [0.1, 0.15) is 23.6 Å². The first-order valence-corrected chi connectivity index (χ1v) is 20.0. The van der Waals surface area contributed by atoms with Crippen LogP contribution in [0.5, 0.6) is 17.2 Å². The molecule has 16 nitrogen and oxygen atoms in total. The predicted octanol–water partition coefficient (Wildman–Crippen LogP) is 5.51. The Morgan fingerprint density at radius 2 is 1.21 bits per heavy atom. The van der Waals surface area contributed by atoms with Crippen molar-refractivity contribution < 1.29 is 37.8 Å². The number of hydrogen-bond donors (Lipinski definition) is 4. The lowest BCUT2D eigenvalue weighted by Gasteiger charge is -2.35. The van der Waals surface area contributed by atoms with Gasteiger partial charge in [0.2, 0.25) is 17.7 Å². The quantitative estimate of drug-likeness (QED) is 0.176. The van der Waals surface area contributed by atoms with Crippen LogP contribution in [0, 0.1) is 5.82 Å². The number of nitrogens with one attached hydrogen (secondary N) is 4. The van der Waals surface area contributed by atoms with Gasteiger partial charge in [-0.2, -0.15) is 0 Å². The summed E-state index contributed by atoms with van der Waals surface area (Å²) in [6.45, 7) is -0.187. The van der Waals surface area contributed by atoms with Gasteiger partial charge in [-0.25, -0.2) is 29.3 Å². The second-order valence-corrected chi connectivity index (χ2v) is 16.1. The van der Waals surface area contributed by atoms with E-state index in [9.17, 15) is 19.2 Å². The minimum Gasteiger partial charge on any atom is -0.480 e. The normalized spacial score (nSPS) is 19.2. The number of carbonyl (C=O) groups is 4. The molecule has 5 aromatic heterocycles. The Labute approximate surface area is 331 Å². The van der Waals surface area contributed by atoms with E-state index in [1.807, 2.05) is 0 Å². The Hall–Kier alpha value is -5.70. The van der Waals surface area contributed by atoms with Crippen LogP contribution >= 0.6 is 46.9 Å². The number of pyridine rings is 5. The number of halogens is 2. The summed E-state index contributed by atoms with van der Waals surface area (Å²) >= 11 is 10.6. The summed E-state index contributed by atoms with van der Waals surface area (Å²) in [5, 5.41) is 11.1. The van der Waals surface area contributed by atoms with Crippen LogP contribution in [-0.4, -0.2) is 72.4 Å². The van der Waals surface area contributed by atoms with Crippen molar-refractivity contribution in [2.24, 2.45) is 0 Å². The zero-order valence-corrected chi connectivity index (χ0v) is 31.3. The third-order valence-corrected chi connectivity index (χ3v) is 12.3. The van der Waals surface area contributed by atoms with E-state index in [0.29, 0.717) is 27.1 Å². The van der Waals surface area contributed by atoms with Crippen LogP contribution in [0.2, 0.25) is 5.02 Å². The molecule has 0 fully saturated rings. The highest BCUT2D eigenvalue weighted by Crippen LogP contribution is 2.54. The molecule has 10 rings (SSSR count). The Morgan fingerprint density at radius 1 is 0.643 bits per heavy atom. The first-order chi connectivity index (χ1) is 27.1. The van der Waals surface area contributed by atoms with Gasteiger partial charge in [0.25, 0.3) is 5.91 Å². The molecule has 56 heavy (non-hydrogen) atoms. The lowest BCUT2D eigenvalue weighted by Crippen LogP contribution is -2.31. The second kappa shape index (κ2) is 13.5. The van der Waals surface area contributed by atoms with Crippen LogP contribution in [0.3, 0.4) is 0 Å². The van der Waals surface area contributed by atoms with Gasteiger partial charge in [0.1, 0.15) is 28.8 Å². The van der Waals surface area contributed by atoms with Crippen molar-refractivity contribution >= 4 is 93.8 Å². The SMILES string of the molecule is O=C1COc2ccc(C3Oc4c(-c5nc6c(cc5F)SCC(=O)N6)ncc(-c5nc6c(cc5Cl)SCC(=O)N6)c4OC3c3ccc4c(n3)NC(=O)CS4)nc2N1. The average molecular weight is 830 g/mol. The molecule has 5 aromatic rings. The Kier molecular flexibility index (Phi) is 8.38. The van der Waals surface area contributed by atoms with E-state index in [1.165, 1.54) is 35.8 Å². The molecule has 0 aromatic carbocycles. The number of carbonyl (C=O) groups excluding carboxylic acids is 4. The molecule has 0 spiro atoms. The summed E-state index contributed by atoms with van der Waals surface area (Å²) in [6.07, 6.45) is -0.888. The number of amides is 4. The fourth-order valence-corrected chi connectivity index (χ4v) is 9.09. The summed E-state index contributed by atoms with van der Waals surface area (Å²) in [6, 6.07) is 9.69. The standard InChI is InChI=1S/C35H21ClFN9O7S3/c36-13-5-19-34(43-23(49)10-55-19)45-25(13)12-7-38-27(26-14(37)6-20-35(46-26)44-24(50)11-56-20)31-28(12)52-29(16-2-4-18-33(40-16)42-22(48)9-54-18)30(53-31)15-1-3-17-32(39-15)41-21(47)8-51-17/h1-7,29-30H,8-11H2,(H,39,41,47)(H,40,42,48)(H,43,45,49)(H,44,46,50). The highest BCUT2D eigenvalue weighted by Gasteiger charge is 2.42. The summed E-state index contributed by atoms with van der Waals surface area (Å²) in [5.41, 5.74) is 0.610. The van der Waals surface area contributed by atoms with Gasteiger partial charge in [-0.1, -0.05) is 11.6 Å². The fourth-order valence-electron chi connectivity index (χ4n) is 6.44. The first kappa shape index (κ1) is 34.8. The number of aromatic nitrogens is 5. The lowest BCUT2D eigenvalue weighted by atomic mass is 10.0. The van der Waals surface area contributed by atoms with Gasteiger partial charge >= 0.3 is 0 Å². The number of hydrogen-bond acceptors (Lipinski definition) is 15. The number of fused-ring (bicyclic) bond motifs is 5. The fraction of sp³-hybridized carbons (Fsp3) is 0.171. The van der Waals surface area contributed by atoms with Crippen LogP contribution in [-0.2, 0) is 19.2 Å². The van der Waals surface area contributed by atoms with Gasteiger partial charge in [0.15, 0.2) is 47.7 Å². The highest BCUT2D eigenvalue weighted by molar-refractivity contribution is 8.00. The monoisotopic (exact) mass is 829 g/mol. The molecule has 5 aliphatic heterocycles. The minimum atomic E-state index is -1.15. The summed E-state index contributed by atoms with van der Waals surface area (Å²) < 4.78 is 35.4. The van der Waals surface area contributed by atoms with Crippen molar-refractivity contribution in [3.63, 3.8) is 0 Å². The van der Waals surface area contributed by atoms with Gasteiger partial charge in [0.05, 0.1) is 59.6 Å². The zero-order chi connectivity index (χ0) is 38.2. The molecule has 0 saturated carbocycles. The maximum Gasteiger partial charge on any atom is 0.263 e. The van der Waals surface area contributed by atoms with Crippen LogP contribution in [0.4, 0.5) is 27.7 Å². The summed E-state index contributed by atoms with van der Waals surface area (Å²) in [7, 11) is 0. The van der Waals surface area contributed by atoms with E-state index in [-0.39, 0.29) is 104 Å². The van der Waals surface area contributed by atoms with E-state index in [4.69, 9.17) is 35.8 Å². The van der Waals surface area contributed by atoms with E-state index < -0.39 is 23.9 Å². The Balaban J connectivity index is 1.19. The Bertz CT molecular complexity index is 2450. The molecule has 4 N–H and O–H groups in total. The molecule has 10 heterocycles. The lowest BCUT2D eigenvalue weighted by molar-refractivity contribution is -0.119. The molecule has 0 radical (unpaired) electrons. The first-order valence-electron chi connectivity index (χ1n) is 16.7. The van der Waals surface area contributed by atoms with Crippen molar-refractivity contribution in [2.45, 2.75) is 26.9 Å². The second-order valence-electron chi connectivity index (χ2n) is 12.6. The third kappa shape index (κ3) is 6.08. The predicted molar refractivity (Wildman–Crippen MR) is 203 cm³/mol. The van der Waals surface area contributed by atoms with Crippen molar-refractivity contribution in [1.29, 1.82) is 0 Å². The maximum absolute atomic E-state index is 16.1. The molecule has 5 aliphatic rings. The van der Waals surface area contributed by atoms with Crippen molar-refractivity contribution in [2.75, 3.05) is 45.1 Å². The topological polar surface area (TPSA) is 209 Å². The van der Waals surface area contributed by atoms with E-state index in [0.717, 1.165) is 16.7 Å². The van der Waals surface area contributed by atoms with Gasteiger partial charge in [-0.05, 0) is 36.4 Å². The van der Waals surface area contributed by atoms with Crippen molar-refractivity contribution in [3.8, 4) is 39.9 Å². The molecule has 280 valence electrons. The molecular weight excluding hydrogens is 809 g/mol. The molecule has 0 saturated heterocycles. The van der Waals surface area contributed by atoms with Gasteiger partial charge in [-0.15, -0.1) is 35.3 Å². The number of nitrogens with zero attached hydrogens (tertiary/aromatic N) is 5. The van der Waals surface area contributed by atoms with Crippen LogP contribution < -0.4 is 35.5 Å². The number of thioether (sulfide) groups is 3. The smallest absolute Gasteiger partial charge is 0.263 e. The number of anilines is 4. The number of ether oxygens (including phenoxy) is 3. The number of rotatable bonds is 4. The Morgan fingerprint density at radius 3 is 1.93 bits per heavy atom. The van der Waals surface area contributed by atoms with E-state index in [1.54, 1.807) is 30.3 Å². The summed E-state index contributed by atoms with van der Waals surface area (Å²) in [5.74, 6) is -0.284. The van der Waals surface area contributed by atoms with E-state index in [2.05, 4.69) is 36.2 Å². The highest BCUT2D eigenvalue weighted by atomic mass is 35.5. The average Bonchev–Trinajstić information content (AvgIpc) is 3.19. The van der Waals surface area contributed by atoms with Crippen LogP contribution in [0.25, 0.3) is 22.6 Å². The maximum atomic E-state index is 16.1. The van der Waals surface area contributed by atoms with E-state index >= 15 is 4.39 Å². The van der Waals surface area contributed by atoms with Crippen molar-refractivity contribution in [1.82, 2.24) is 24.9 Å². The van der Waals surface area contributed by atoms with Crippen molar-refractivity contribution in [3.05, 3.63) is 64.8 Å². The van der Waals surface area contributed by atoms with Gasteiger partial charge in [0, 0.05) is 6.20 Å². The minimum absolute atomic E-state index is 0.0187. The molecule has 0 aliphatic carbocycles. The molecule has 21 heteroatoms.